The van der Waals surface area contributed by atoms with Gasteiger partial charge in [-0.3, -0.25) is 0 Å². The van der Waals surface area contributed by atoms with Gasteiger partial charge in [0, 0.05) is 10.6 Å². The molecule has 1 fully saturated rings. The number of hydrogen-bond donors (Lipinski definition) is 0. The lowest BCUT2D eigenvalue weighted by Gasteiger charge is -2.15. The van der Waals surface area contributed by atoms with Crippen molar-refractivity contribution in [3.63, 3.8) is 0 Å². The van der Waals surface area contributed by atoms with Crippen LogP contribution in [-0.4, -0.2) is 5.75 Å². The number of benzene rings is 1. The van der Waals surface area contributed by atoms with E-state index in [2.05, 4.69) is 36.4 Å². The monoisotopic (exact) mass is 190 g/mol. The first-order chi connectivity index (χ1) is 6.45. The highest BCUT2D eigenvalue weighted by atomic mass is 32.2. The fraction of sp³-hybridized carbons (Fsp3) is 0.333. The smallest absolute Gasteiger partial charge is 0.0163 e. The highest BCUT2D eigenvalue weighted by molar-refractivity contribution is 7.99. The second-order valence-electron chi connectivity index (χ2n) is 3.34. The molecule has 0 aliphatic heterocycles. The van der Waals surface area contributed by atoms with Crippen LogP contribution in [0.4, 0.5) is 0 Å². The normalized spacial score (nSPS) is 15.2. The summed E-state index contributed by atoms with van der Waals surface area (Å²) < 4.78 is 0. The van der Waals surface area contributed by atoms with Gasteiger partial charge in [0.15, 0.2) is 0 Å². The first-order valence-electron chi connectivity index (χ1n) is 4.81. The van der Waals surface area contributed by atoms with Gasteiger partial charge >= 0.3 is 0 Å². The van der Waals surface area contributed by atoms with Gasteiger partial charge in [0.05, 0.1) is 0 Å². The van der Waals surface area contributed by atoms with Gasteiger partial charge in [0.2, 0.25) is 0 Å². The third kappa shape index (κ3) is 2.63. The number of rotatable bonds is 3. The van der Waals surface area contributed by atoms with Crippen molar-refractivity contribution in [3.8, 4) is 0 Å². The molecule has 0 aromatic heterocycles. The average molecular weight is 190 g/mol. The molecule has 0 N–H and O–H groups in total. The number of thioether (sulfide) groups is 1. The summed E-state index contributed by atoms with van der Waals surface area (Å²) in [5.74, 6) is 1.14. The van der Waals surface area contributed by atoms with Crippen LogP contribution in [0.25, 0.3) is 0 Å². The van der Waals surface area contributed by atoms with Crippen molar-refractivity contribution in [1.29, 1.82) is 0 Å². The van der Waals surface area contributed by atoms with E-state index in [-0.39, 0.29) is 0 Å². The SMILES string of the molecule is C(CSc1ccccc1)=C1CCC1. The van der Waals surface area contributed by atoms with Gasteiger partial charge in [-0.1, -0.05) is 29.8 Å². The second-order valence-corrected chi connectivity index (χ2v) is 4.43. The molecule has 2 rings (SSSR count). The van der Waals surface area contributed by atoms with E-state index in [1.54, 1.807) is 5.57 Å². The van der Waals surface area contributed by atoms with Gasteiger partial charge in [0.25, 0.3) is 0 Å². The summed E-state index contributed by atoms with van der Waals surface area (Å²) in [4.78, 5) is 1.37. The summed E-state index contributed by atoms with van der Waals surface area (Å²) in [6, 6.07) is 10.6. The Labute approximate surface area is 84.0 Å². The lowest BCUT2D eigenvalue weighted by molar-refractivity contribution is 0.661. The molecule has 0 nitrogen and oxygen atoms in total. The van der Waals surface area contributed by atoms with Crippen molar-refractivity contribution >= 4 is 11.8 Å². The fourth-order valence-electron chi connectivity index (χ4n) is 1.36. The molecule has 0 unspecified atom stereocenters. The third-order valence-corrected chi connectivity index (χ3v) is 3.30. The molecule has 0 radical (unpaired) electrons. The standard InChI is InChI=1S/C12H14S/c1-2-7-12(8-3-1)13-10-9-11-5-4-6-11/h1-3,7-9H,4-6,10H2. The maximum absolute atomic E-state index is 2.39. The van der Waals surface area contributed by atoms with Crippen molar-refractivity contribution in [2.24, 2.45) is 0 Å². The minimum Gasteiger partial charge on any atom is -0.122 e. The van der Waals surface area contributed by atoms with Crippen LogP contribution in [0.15, 0.2) is 46.9 Å². The molecule has 1 heteroatoms. The second kappa shape index (κ2) is 4.52. The van der Waals surface area contributed by atoms with E-state index in [4.69, 9.17) is 0 Å². The molecule has 68 valence electrons. The van der Waals surface area contributed by atoms with E-state index in [0.717, 1.165) is 5.75 Å². The summed E-state index contributed by atoms with van der Waals surface area (Å²) in [5, 5.41) is 0. The minimum absolute atomic E-state index is 1.14. The van der Waals surface area contributed by atoms with Crippen molar-refractivity contribution in [2.75, 3.05) is 5.75 Å². The van der Waals surface area contributed by atoms with Crippen LogP contribution in [0, 0.1) is 0 Å². The Bertz CT molecular complexity index is 281. The molecule has 1 aromatic carbocycles. The molecule has 1 aliphatic carbocycles. The summed E-state index contributed by atoms with van der Waals surface area (Å²) in [7, 11) is 0. The highest BCUT2D eigenvalue weighted by Gasteiger charge is 2.06. The lowest BCUT2D eigenvalue weighted by Crippen LogP contribution is -1.96. The Hall–Kier alpha value is -0.690. The Kier molecular flexibility index (Phi) is 3.09. The molecule has 0 heterocycles. The average Bonchev–Trinajstić information content (AvgIpc) is 2.11. The van der Waals surface area contributed by atoms with Crippen molar-refractivity contribution in [2.45, 2.75) is 24.2 Å². The molecule has 0 saturated heterocycles. The molecule has 0 spiro atoms. The quantitative estimate of drug-likeness (QED) is 0.514. The van der Waals surface area contributed by atoms with Crippen LogP contribution in [-0.2, 0) is 0 Å². The largest absolute Gasteiger partial charge is 0.122 e. The van der Waals surface area contributed by atoms with Crippen LogP contribution in [0.2, 0.25) is 0 Å². The molecule has 0 atom stereocenters. The Balaban J connectivity index is 1.79. The summed E-state index contributed by atoms with van der Waals surface area (Å²) in [6.07, 6.45) is 6.48. The van der Waals surface area contributed by atoms with Gasteiger partial charge in [-0.2, -0.15) is 0 Å². The van der Waals surface area contributed by atoms with E-state index in [9.17, 15) is 0 Å². The molecule has 0 amide bonds. The van der Waals surface area contributed by atoms with Crippen LogP contribution < -0.4 is 0 Å². The van der Waals surface area contributed by atoms with Gasteiger partial charge < -0.3 is 0 Å². The van der Waals surface area contributed by atoms with Gasteiger partial charge in [-0.25, -0.2) is 0 Å². The highest BCUT2D eigenvalue weighted by Crippen LogP contribution is 2.26. The summed E-state index contributed by atoms with van der Waals surface area (Å²) >= 11 is 1.92. The van der Waals surface area contributed by atoms with Gasteiger partial charge in [-0.05, 0) is 31.4 Å². The summed E-state index contributed by atoms with van der Waals surface area (Å²) in [6.45, 7) is 0. The van der Waals surface area contributed by atoms with E-state index in [1.807, 2.05) is 11.8 Å². The van der Waals surface area contributed by atoms with Gasteiger partial charge in [-0.15, -0.1) is 11.8 Å². The Morgan fingerprint density at radius 2 is 1.92 bits per heavy atom. The molecule has 1 aliphatic rings. The fourth-order valence-corrected chi connectivity index (χ4v) is 2.22. The zero-order valence-corrected chi connectivity index (χ0v) is 8.52. The first-order valence-corrected chi connectivity index (χ1v) is 5.79. The zero-order chi connectivity index (χ0) is 8.93. The van der Waals surface area contributed by atoms with E-state index in [1.165, 1.54) is 24.2 Å². The number of hydrogen-bond acceptors (Lipinski definition) is 1. The Morgan fingerprint density at radius 3 is 2.54 bits per heavy atom. The van der Waals surface area contributed by atoms with Crippen molar-refractivity contribution < 1.29 is 0 Å². The topological polar surface area (TPSA) is 0 Å². The maximum Gasteiger partial charge on any atom is 0.0163 e. The maximum atomic E-state index is 2.39. The Morgan fingerprint density at radius 1 is 1.15 bits per heavy atom. The summed E-state index contributed by atoms with van der Waals surface area (Å²) in [5.41, 5.74) is 1.66. The molecule has 1 saturated carbocycles. The van der Waals surface area contributed by atoms with E-state index in [0.29, 0.717) is 0 Å². The van der Waals surface area contributed by atoms with E-state index < -0.39 is 0 Å². The van der Waals surface area contributed by atoms with Crippen LogP contribution in [0.3, 0.4) is 0 Å². The van der Waals surface area contributed by atoms with Crippen molar-refractivity contribution in [3.05, 3.63) is 42.0 Å². The van der Waals surface area contributed by atoms with Crippen LogP contribution >= 0.6 is 11.8 Å². The lowest BCUT2D eigenvalue weighted by atomic mass is 9.93. The van der Waals surface area contributed by atoms with Crippen LogP contribution in [0.1, 0.15) is 19.3 Å². The predicted molar refractivity (Wildman–Crippen MR) is 59.1 cm³/mol. The predicted octanol–water partition coefficient (Wildman–Crippen LogP) is 3.89. The molecule has 13 heavy (non-hydrogen) atoms. The van der Waals surface area contributed by atoms with Crippen LogP contribution in [0.5, 0.6) is 0 Å². The first kappa shape index (κ1) is 8.89. The van der Waals surface area contributed by atoms with Crippen molar-refractivity contribution in [1.82, 2.24) is 0 Å². The van der Waals surface area contributed by atoms with Gasteiger partial charge in [0.1, 0.15) is 0 Å². The zero-order valence-electron chi connectivity index (χ0n) is 7.70. The molecular formula is C12H14S. The molecule has 0 bridgehead atoms. The molecular weight excluding hydrogens is 176 g/mol. The molecule has 1 aromatic rings. The third-order valence-electron chi connectivity index (χ3n) is 2.36. The minimum atomic E-state index is 1.14. The number of allylic oxidation sites excluding steroid dienone is 1. The van der Waals surface area contributed by atoms with E-state index >= 15 is 0 Å².